The number of aromatic nitrogens is 1. The van der Waals surface area contributed by atoms with Gasteiger partial charge in [-0.2, -0.15) is 5.26 Å². The van der Waals surface area contributed by atoms with Gasteiger partial charge in [0.25, 0.3) is 0 Å². The number of rotatable bonds is 1. The van der Waals surface area contributed by atoms with Gasteiger partial charge in [-0.15, -0.1) is 0 Å². The third kappa shape index (κ3) is 4.56. The summed E-state index contributed by atoms with van der Waals surface area (Å²) in [6, 6.07) is 6.38. The zero-order valence-electron chi connectivity index (χ0n) is 13.8. The van der Waals surface area contributed by atoms with E-state index < -0.39 is 11.0 Å². The highest BCUT2D eigenvalue weighted by molar-refractivity contribution is 14.1. The van der Waals surface area contributed by atoms with Crippen LogP contribution in [0.4, 0.5) is 4.79 Å². The van der Waals surface area contributed by atoms with E-state index in [0.717, 1.165) is 22.1 Å². The summed E-state index contributed by atoms with van der Waals surface area (Å²) in [4.78, 5) is 18.2. The normalized spacial score (nSPS) is 22.1. The second-order valence-corrected chi connectivity index (χ2v) is 7.99. The van der Waals surface area contributed by atoms with Crippen molar-refractivity contribution < 1.29 is 9.53 Å². The molecule has 1 aliphatic heterocycles. The molecule has 2 rings (SSSR count). The lowest BCUT2D eigenvalue weighted by atomic mass is 9.76. The molecule has 1 amide bonds. The Morgan fingerprint density at radius 2 is 2.17 bits per heavy atom. The Hall–Kier alpha value is -1.36. The van der Waals surface area contributed by atoms with Gasteiger partial charge >= 0.3 is 6.09 Å². The summed E-state index contributed by atoms with van der Waals surface area (Å²) in [5.41, 5.74) is -0.0678. The topological polar surface area (TPSA) is 66.2 Å². The van der Waals surface area contributed by atoms with E-state index in [9.17, 15) is 10.1 Å². The van der Waals surface area contributed by atoms with Gasteiger partial charge in [-0.1, -0.05) is 0 Å². The minimum Gasteiger partial charge on any atom is -0.444 e. The Morgan fingerprint density at radius 1 is 1.43 bits per heavy atom. The number of hydrogen-bond acceptors (Lipinski definition) is 4. The molecular weight excluding hydrogens is 405 g/mol. The SMILES string of the molecule is CC(C)(C)OC(=O)N1CCCC(C#N)(c2ccnc(I)c2)CC1. The molecule has 0 aliphatic carbocycles. The van der Waals surface area contributed by atoms with Crippen molar-refractivity contribution in [3.63, 3.8) is 0 Å². The molecule has 0 spiro atoms. The van der Waals surface area contributed by atoms with E-state index in [2.05, 4.69) is 33.6 Å². The Labute approximate surface area is 151 Å². The lowest BCUT2D eigenvalue weighted by Gasteiger charge is -2.27. The van der Waals surface area contributed by atoms with Crippen molar-refractivity contribution in [3.8, 4) is 6.07 Å². The maximum absolute atomic E-state index is 12.3. The maximum Gasteiger partial charge on any atom is 0.410 e. The van der Waals surface area contributed by atoms with E-state index in [-0.39, 0.29) is 6.09 Å². The molecule has 0 aromatic carbocycles. The fourth-order valence-corrected chi connectivity index (χ4v) is 3.30. The minimum atomic E-state index is -0.556. The molecule has 124 valence electrons. The first-order valence-corrected chi connectivity index (χ1v) is 8.85. The van der Waals surface area contributed by atoms with Crippen LogP contribution in [0.5, 0.6) is 0 Å². The molecule has 1 saturated heterocycles. The van der Waals surface area contributed by atoms with Gasteiger partial charge in [0.05, 0.1) is 11.5 Å². The van der Waals surface area contributed by atoms with E-state index in [1.165, 1.54) is 0 Å². The molecule has 1 atom stereocenters. The number of carbonyl (C=O) groups excluding carboxylic acids is 1. The van der Waals surface area contributed by atoms with Gasteiger partial charge in [0.1, 0.15) is 9.30 Å². The summed E-state index contributed by atoms with van der Waals surface area (Å²) >= 11 is 2.16. The standard InChI is InChI=1S/C17H22IN3O2/c1-16(2,3)23-15(22)21-9-4-6-17(12-19,7-10-21)13-5-8-20-14(18)11-13/h5,8,11H,4,6-7,9-10H2,1-3H3. The number of ether oxygens (including phenoxy) is 1. The maximum atomic E-state index is 12.3. The molecular formula is C17H22IN3O2. The van der Waals surface area contributed by atoms with Crippen LogP contribution in [0.1, 0.15) is 45.6 Å². The molecule has 1 fully saturated rings. The molecule has 23 heavy (non-hydrogen) atoms. The molecule has 1 aromatic rings. The Bertz CT molecular complexity index is 621. The van der Waals surface area contributed by atoms with Crippen molar-refractivity contribution in [1.82, 2.24) is 9.88 Å². The summed E-state index contributed by atoms with van der Waals surface area (Å²) in [7, 11) is 0. The van der Waals surface area contributed by atoms with Crippen LogP contribution in [0.25, 0.3) is 0 Å². The first kappa shape index (κ1) is 18.0. The first-order chi connectivity index (χ1) is 10.8. The number of hydrogen-bond donors (Lipinski definition) is 0. The van der Waals surface area contributed by atoms with E-state index in [4.69, 9.17) is 4.74 Å². The van der Waals surface area contributed by atoms with Crippen molar-refractivity contribution in [3.05, 3.63) is 27.6 Å². The monoisotopic (exact) mass is 427 g/mol. The molecule has 1 aliphatic rings. The zero-order chi connectivity index (χ0) is 17.1. The fraction of sp³-hybridized carbons (Fsp3) is 0.588. The van der Waals surface area contributed by atoms with Crippen LogP contribution in [-0.4, -0.2) is 34.7 Å². The lowest BCUT2D eigenvalue weighted by molar-refractivity contribution is 0.0255. The molecule has 0 N–H and O–H groups in total. The average molecular weight is 427 g/mol. The van der Waals surface area contributed by atoms with Crippen molar-refractivity contribution in [2.45, 2.75) is 51.0 Å². The lowest BCUT2D eigenvalue weighted by Crippen LogP contribution is -2.38. The van der Waals surface area contributed by atoms with Crippen molar-refractivity contribution in [2.75, 3.05) is 13.1 Å². The highest BCUT2D eigenvalue weighted by Crippen LogP contribution is 2.35. The smallest absolute Gasteiger partial charge is 0.410 e. The fourth-order valence-electron chi connectivity index (χ4n) is 2.81. The average Bonchev–Trinajstić information content (AvgIpc) is 2.69. The number of halogens is 1. The van der Waals surface area contributed by atoms with E-state index in [1.807, 2.05) is 32.9 Å². The second kappa shape index (κ2) is 7.04. The van der Waals surface area contributed by atoms with Crippen LogP contribution in [0.15, 0.2) is 18.3 Å². The predicted octanol–water partition coefficient (Wildman–Crippen LogP) is 3.87. The molecule has 2 heterocycles. The Morgan fingerprint density at radius 3 is 2.78 bits per heavy atom. The van der Waals surface area contributed by atoms with Gasteiger partial charge in [-0.05, 0) is 80.3 Å². The summed E-state index contributed by atoms with van der Waals surface area (Å²) in [6.45, 7) is 6.74. The number of pyridine rings is 1. The third-order valence-electron chi connectivity index (χ3n) is 3.98. The van der Waals surface area contributed by atoms with Crippen LogP contribution in [0, 0.1) is 15.0 Å². The highest BCUT2D eigenvalue weighted by Gasteiger charge is 2.36. The number of carbonyl (C=O) groups is 1. The predicted molar refractivity (Wildman–Crippen MR) is 95.9 cm³/mol. The van der Waals surface area contributed by atoms with E-state index in [1.54, 1.807) is 11.1 Å². The van der Waals surface area contributed by atoms with Gasteiger partial charge in [0.15, 0.2) is 0 Å². The number of amides is 1. The van der Waals surface area contributed by atoms with Gasteiger partial charge in [-0.3, -0.25) is 4.98 Å². The van der Waals surface area contributed by atoms with Crippen LogP contribution in [0.3, 0.4) is 0 Å². The summed E-state index contributed by atoms with van der Waals surface area (Å²) < 4.78 is 6.33. The molecule has 1 aromatic heterocycles. The summed E-state index contributed by atoms with van der Waals surface area (Å²) in [5.74, 6) is 0. The quantitative estimate of drug-likeness (QED) is 0.504. The van der Waals surface area contributed by atoms with Crippen LogP contribution in [-0.2, 0) is 10.2 Å². The molecule has 6 heteroatoms. The van der Waals surface area contributed by atoms with Gasteiger partial charge in [0.2, 0.25) is 0 Å². The van der Waals surface area contributed by atoms with Crippen LogP contribution in [0.2, 0.25) is 0 Å². The molecule has 0 bridgehead atoms. The molecule has 1 unspecified atom stereocenters. The largest absolute Gasteiger partial charge is 0.444 e. The molecule has 0 radical (unpaired) electrons. The number of nitriles is 1. The van der Waals surface area contributed by atoms with Gasteiger partial charge < -0.3 is 9.64 Å². The van der Waals surface area contributed by atoms with Gasteiger partial charge in [0, 0.05) is 19.3 Å². The van der Waals surface area contributed by atoms with Crippen molar-refractivity contribution in [2.24, 2.45) is 0 Å². The number of nitrogens with zero attached hydrogens (tertiary/aromatic N) is 3. The highest BCUT2D eigenvalue weighted by atomic mass is 127. The third-order valence-corrected chi connectivity index (χ3v) is 4.57. The summed E-state index contributed by atoms with van der Waals surface area (Å²) in [5, 5.41) is 9.81. The van der Waals surface area contributed by atoms with E-state index in [0.29, 0.717) is 19.5 Å². The molecule has 0 saturated carbocycles. The first-order valence-electron chi connectivity index (χ1n) is 7.77. The number of likely N-dealkylation sites (tertiary alicyclic amines) is 1. The van der Waals surface area contributed by atoms with Crippen molar-refractivity contribution in [1.29, 1.82) is 5.26 Å². The molecule has 5 nitrogen and oxygen atoms in total. The Balaban J connectivity index is 2.16. The Kier molecular flexibility index (Phi) is 5.50. The van der Waals surface area contributed by atoms with Crippen LogP contribution >= 0.6 is 22.6 Å². The van der Waals surface area contributed by atoms with E-state index >= 15 is 0 Å². The van der Waals surface area contributed by atoms with Gasteiger partial charge in [-0.25, -0.2) is 4.79 Å². The van der Waals surface area contributed by atoms with Crippen LogP contribution < -0.4 is 0 Å². The van der Waals surface area contributed by atoms with Crippen molar-refractivity contribution >= 4 is 28.7 Å². The summed E-state index contributed by atoms with van der Waals surface area (Å²) in [6.07, 6.45) is 3.58. The minimum absolute atomic E-state index is 0.296. The second-order valence-electron chi connectivity index (χ2n) is 6.88. The zero-order valence-corrected chi connectivity index (χ0v) is 16.0.